The summed E-state index contributed by atoms with van der Waals surface area (Å²) in [6, 6.07) is 61.9. The lowest BCUT2D eigenvalue weighted by Crippen LogP contribution is -2.04. The Balaban J connectivity index is 1.31. The number of nitrogens with zero attached hydrogens (tertiary/aromatic N) is 5. The van der Waals surface area contributed by atoms with Gasteiger partial charge in [-0.2, -0.15) is 0 Å². The second kappa shape index (κ2) is 14.3. The van der Waals surface area contributed by atoms with Crippen LogP contribution in [-0.4, -0.2) is 24.5 Å². The van der Waals surface area contributed by atoms with Crippen LogP contribution < -0.4 is 0 Å². The van der Waals surface area contributed by atoms with Gasteiger partial charge in [0.25, 0.3) is 0 Å². The van der Waals surface area contributed by atoms with Crippen molar-refractivity contribution in [1.29, 1.82) is 0 Å². The lowest BCUT2D eigenvalue weighted by molar-refractivity contribution is 1.06. The van der Waals surface area contributed by atoms with Gasteiger partial charge in [-0.05, 0) is 83.1 Å². The molecule has 0 fully saturated rings. The van der Waals surface area contributed by atoms with Gasteiger partial charge in [-0.1, -0.05) is 146 Å². The molecule has 270 valence electrons. The van der Waals surface area contributed by atoms with Gasteiger partial charge in [0.2, 0.25) is 0 Å². The number of aromatic nitrogens is 5. The van der Waals surface area contributed by atoms with Crippen molar-refractivity contribution in [3.63, 3.8) is 0 Å². The van der Waals surface area contributed by atoms with Crippen LogP contribution in [0.2, 0.25) is 0 Å². The number of hydrogen-bond donors (Lipinski definition) is 0. The Morgan fingerprint density at radius 2 is 0.860 bits per heavy atom. The van der Waals surface area contributed by atoms with Crippen LogP contribution >= 0.6 is 0 Å². The summed E-state index contributed by atoms with van der Waals surface area (Å²) in [7, 11) is 0. The smallest absolute Gasteiger partial charge is 0.166 e. The van der Waals surface area contributed by atoms with Gasteiger partial charge >= 0.3 is 0 Å². The van der Waals surface area contributed by atoms with Crippen LogP contribution in [0.1, 0.15) is 11.1 Å². The summed E-state index contributed by atoms with van der Waals surface area (Å²) in [6.45, 7) is 4.35. The van der Waals surface area contributed by atoms with E-state index in [-0.39, 0.29) is 0 Å². The fourth-order valence-electron chi connectivity index (χ4n) is 7.96. The largest absolute Gasteiger partial charge is 0.308 e. The normalized spacial score (nSPS) is 11.3. The molecule has 10 aromatic rings. The molecule has 0 saturated carbocycles. The highest BCUT2D eigenvalue weighted by Gasteiger charge is 2.22. The molecule has 0 aliphatic heterocycles. The van der Waals surface area contributed by atoms with Crippen LogP contribution in [0.4, 0.5) is 0 Å². The van der Waals surface area contributed by atoms with Crippen LogP contribution in [0, 0.1) is 13.8 Å². The van der Waals surface area contributed by atoms with E-state index in [0.717, 1.165) is 55.7 Å². The Kier molecular flexibility index (Phi) is 8.53. The van der Waals surface area contributed by atoms with Gasteiger partial charge in [-0.3, -0.25) is 4.98 Å². The number of fused-ring (bicyclic) bond motifs is 3. The molecule has 0 saturated heterocycles. The number of aryl methyl sites for hydroxylation is 2. The lowest BCUT2D eigenvalue weighted by Gasteiger charge is -2.17. The first kappa shape index (κ1) is 34.0. The Bertz CT molecular complexity index is 2920. The van der Waals surface area contributed by atoms with Crippen molar-refractivity contribution in [2.75, 3.05) is 0 Å². The van der Waals surface area contributed by atoms with Crippen molar-refractivity contribution in [1.82, 2.24) is 24.5 Å². The average molecular weight is 732 g/mol. The molecule has 0 amide bonds. The first-order chi connectivity index (χ1) is 28.1. The molecule has 3 aromatic heterocycles. The maximum atomic E-state index is 5.27. The van der Waals surface area contributed by atoms with E-state index in [1.807, 2.05) is 72.9 Å². The Labute approximate surface area is 331 Å². The molecule has 0 spiro atoms. The van der Waals surface area contributed by atoms with E-state index in [4.69, 9.17) is 15.0 Å². The minimum atomic E-state index is 0.587. The summed E-state index contributed by atoms with van der Waals surface area (Å²) in [5.74, 6) is 1.81. The maximum absolute atomic E-state index is 5.27. The molecule has 7 aromatic carbocycles. The van der Waals surface area contributed by atoms with Gasteiger partial charge in [0.05, 0.1) is 16.7 Å². The number of pyridine rings is 1. The van der Waals surface area contributed by atoms with Crippen molar-refractivity contribution < 1.29 is 0 Å². The van der Waals surface area contributed by atoms with Gasteiger partial charge in [0.1, 0.15) is 0 Å². The van der Waals surface area contributed by atoms with Gasteiger partial charge in [0, 0.05) is 45.4 Å². The summed E-state index contributed by atoms with van der Waals surface area (Å²) >= 11 is 0. The molecule has 5 heteroatoms. The van der Waals surface area contributed by atoms with Gasteiger partial charge < -0.3 is 4.57 Å². The monoisotopic (exact) mass is 731 g/mol. The third-order valence-corrected chi connectivity index (χ3v) is 10.9. The molecule has 0 N–H and O–H groups in total. The Morgan fingerprint density at radius 3 is 1.39 bits per heavy atom. The summed E-state index contributed by atoms with van der Waals surface area (Å²) in [4.78, 5) is 20.0. The first-order valence-corrected chi connectivity index (χ1v) is 19.2. The molecule has 0 bridgehead atoms. The summed E-state index contributed by atoms with van der Waals surface area (Å²) in [5.41, 5.74) is 15.1. The molecular formula is C52H37N5. The molecule has 0 aliphatic rings. The molecule has 57 heavy (non-hydrogen) atoms. The molecule has 0 atom stereocenters. The van der Waals surface area contributed by atoms with Gasteiger partial charge in [0.15, 0.2) is 17.5 Å². The van der Waals surface area contributed by atoms with Crippen LogP contribution in [0.3, 0.4) is 0 Å². The summed E-state index contributed by atoms with van der Waals surface area (Å²) < 4.78 is 2.41. The van der Waals surface area contributed by atoms with E-state index in [9.17, 15) is 0 Å². The van der Waals surface area contributed by atoms with Crippen LogP contribution in [0.5, 0.6) is 0 Å². The second-order valence-corrected chi connectivity index (χ2v) is 14.4. The third kappa shape index (κ3) is 6.25. The number of rotatable bonds is 7. The molecule has 10 rings (SSSR count). The van der Waals surface area contributed by atoms with E-state index in [0.29, 0.717) is 17.5 Å². The van der Waals surface area contributed by atoms with Crippen LogP contribution in [0.15, 0.2) is 188 Å². The molecular weight excluding hydrogens is 695 g/mol. The Hall–Kier alpha value is -7.50. The number of hydrogen-bond acceptors (Lipinski definition) is 4. The van der Waals surface area contributed by atoms with Crippen molar-refractivity contribution in [3.05, 3.63) is 199 Å². The van der Waals surface area contributed by atoms with Crippen molar-refractivity contribution in [2.24, 2.45) is 0 Å². The van der Waals surface area contributed by atoms with Crippen molar-refractivity contribution in [2.45, 2.75) is 13.8 Å². The summed E-state index contributed by atoms with van der Waals surface area (Å²) in [5, 5.41) is 2.35. The maximum Gasteiger partial charge on any atom is 0.166 e. The van der Waals surface area contributed by atoms with Crippen molar-refractivity contribution >= 4 is 21.8 Å². The van der Waals surface area contributed by atoms with Gasteiger partial charge in [-0.15, -0.1) is 0 Å². The highest BCUT2D eigenvalue weighted by Crippen LogP contribution is 2.41. The van der Waals surface area contributed by atoms with E-state index in [1.54, 1.807) is 6.20 Å². The molecule has 5 nitrogen and oxygen atoms in total. The quantitative estimate of drug-likeness (QED) is 0.164. The number of benzene rings is 7. The van der Waals surface area contributed by atoms with Gasteiger partial charge in [-0.25, -0.2) is 15.0 Å². The lowest BCUT2D eigenvalue weighted by atomic mass is 9.98. The highest BCUT2D eigenvalue weighted by molar-refractivity contribution is 6.11. The van der Waals surface area contributed by atoms with Crippen LogP contribution in [-0.2, 0) is 0 Å². The summed E-state index contributed by atoms with van der Waals surface area (Å²) in [6.07, 6.45) is 3.71. The average Bonchev–Trinajstić information content (AvgIpc) is 3.60. The topological polar surface area (TPSA) is 56.5 Å². The van der Waals surface area contributed by atoms with E-state index in [1.165, 1.54) is 33.0 Å². The zero-order valence-electron chi connectivity index (χ0n) is 31.6. The zero-order chi connectivity index (χ0) is 38.3. The minimum absolute atomic E-state index is 0.587. The van der Waals surface area contributed by atoms with Crippen LogP contribution in [0.25, 0.3) is 95.0 Å². The first-order valence-electron chi connectivity index (χ1n) is 19.2. The highest BCUT2D eigenvalue weighted by atomic mass is 15.1. The standard InChI is InChI=1S/C52H37N5/c1-34-14-9-11-21-42(34)39-23-26-44-45-27-24-40(43-22-12-10-15-35(43)2)32-49(45)57(48(44)31-39)47-28-25-38(41-20-13-29-53-33-41)30-46(47)52-55-50(36-16-5-3-6-17-36)54-51(56-52)37-18-7-4-8-19-37/h3-33H,1-2H3. The predicted molar refractivity (Wildman–Crippen MR) is 234 cm³/mol. The molecule has 3 heterocycles. The zero-order valence-corrected chi connectivity index (χ0v) is 31.6. The second-order valence-electron chi connectivity index (χ2n) is 14.4. The molecule has 0 unspecified atom stereocenters. The van der Waals surface area contributed by atoms with E-state index < -0.39 is 0 Å². The fourth-order valence-corrected chi connectivity index (χ4v) is 7.96. The van der Waals surface area contributed by atoms with E-state index >= 15 is 0 Å². The predicted octanol–water partition coefficient (Wildman–Crippen LogP) is 13.0. The third-order valence-electron chi connectivity index (χ3n) is 10.9. The van der Waals surface area contributed by atoms with E-state index in [2.05, 4.69) is 133 Å². The molecule has 0 radical (unpaired) electrons. The Morgan fingerprint density at radius 1 is 0.368 bits per heavy atom. The minimum Gasteiger partial charge on any atom is -0.308 e. The van der Waals surface area contributed by atoms with Crippen molar-refractivity contribution in [3.8, 4) is 73.2 Å². The fraction of sp³-hybridized carbons (Fsp3) is 0.0385. The molecule has 0 aliphatic carbocycles. The SMILES string of the molecule is Cc1ccccc1-c1ccc2c3ccc(-c4ccccc4C)cc3n(-c3ccc(-c4cccnc4)cc3-c3nc(-c4ccccc4)nc(-c4ccccc4)n3)c2c1.